The minimum Gasteiger partial charge on any atom is -0.472 e. The van der Waals surface area contributed by atoms with Gasteiger partial charge in [0.1, 0.15) is 11.0 Å². The van der Waals surface area contributed by atoms with Gasteiger partial charge in [0.05, 0.1) is 23.3 Å². The maximum absolute atomic E-state index is 12.6. The van der Waals surface area contributed by atoms with Crippen LogP contribution in [0.5, 0.6) is 0 Å². The second kappa shape index (κ2) is 5.06. The average molecular weight is 281 g/mol. The fraction of sp³-hybridized carbons (Fsp3) is 0.500. The summed E-state index contributed by atoms with van der Waals surface area (Å²) in [5.74, 6) is 0.0135. The molecule has 0 saturated carbocycles. The molecule has 0 saturated heterocycles. The summed E-state index contributed by atoms with van der Waals surface area (Å²) in [6, 6.07) is 1.55. The number of hydrogen-bond acceptors (Lipinski definition) is 3. The molecule has 0 amide bonds. The van der Waals surface area contributed by atoms with E-state index < -0.39 is 11.0 Å². The Bertz CT molecular complexity index is 525. The van der Waals surface area contributed by atoms with Gasteiger partial charge in [-0.15, -0.1) is 0 Å². The van der Waals surface area contributed by atoms with Gasteiger partial charge in [-0.1, -0.05) is 6.08 Å². The normalized spacial score (nSPS) is 22.3. The van der Waals surface area contributed by atoms with Crippen LogP contribution in [-0.2, 0) is 15.8 Å². The first-order valence-electron chi connectivity index (χ1n) is 6.24. The molecule has 1 aliphatic heterocycles. The van der Waals surface area contributed by atoms with Crippen LogP contribution in [0.15, 0.2) is 34.7 Å². The van der Waals surface area contributed by atoms with E-state index in [2.05, 4.69) is 0 Å². The predicted octanol–water partition coefficient (Wildman–Crippen LogP) is 2.61. The molecule has 104 valence electrons. The number of carbonyl (C=O) groups is 1. The van der Waals surface area contributed by atoms with E-state index in [4.69, 9.17) is 4.42 Å². The van der Waals surface area contributed by atoms with Gasteiger partial charge in [0.25, 0.3) is 0 Å². The van der Waals surface area contributed by atoms with Crippen LogP contribution in [0.25, 0.3) is 0 Å². The monoisotopic (exact) mass is 281 g/mol. The Balaban J connectivity index is 2.37. The third kappa shape index (κ3) is 2.72. The van der Waals surface area contributed by atoms with Gasteiger partial charge in [0.2, 0.25) is 0 Å². The van der Waals surface area contributed by atoms with Gasteiger partial charge >= 0.3 is 0 Å². The Morgan fingerprint density at radius 1 is 1.47 bits per heavy atom. The van der Waals surface area contributed by atoms with Gasteiger partial charge in [-0.05, 0) is 33.8 Å². The molecule has 0 N–H and O–H groups in total. The van der Waals surface area contributed by atoms with Crippen LogP contribution in [0.4, 0.5) is 0 Å². The van der Waals surface area contributed by atoms with E-state index in [1.54, 1.807) is 19.5 Å². The van der Waals surface area contributed by atoms with Crippen LogP contribution >= 0.6 is 0 Å². The van der Waals surface area contributed by atoms with Crippen molar-refractivity contribution in [1.29, 1.82) is 0 Å². The Kier molecular flexibility index (Phi) is 3.78. The number of rotatable bonds is 3. The molecule has 1 aromatic heterocycles. The molecule has 5 heteroatoms. The van der Waals surface area contributed by atoms with Gasteiger partial charge in [-0.2, -0.15) is 0 Å². The Morgan fingerprint density at radius 2 is 2.16 bits per heavy atom. The lowest BCUT2D eigenvalue weighted by molar-refractivity contribution is -0.113. The van der Waals surface area contributed by atoms with Crippen LogP contribution in [-0.4, -0.2) is 25.6 Å². The van der Waals surface area contributed by atoms with Crippen LogP contribution in [0, 0.1) is 0 Å². The van der Waals surface area contributed by atoms with E-state index in [-0.39, 0.29) is 16.6 Å². The van der Waals surface area contributed by atoms with Crippen molar-refractivity contribution in [2.24, 2.45) is 0 Å². The standard InChI is InChI=1S/C14H19NO3S/c1-10(16)12-5-7-15(19(17)14(2,3)4)13(12)11-6-8-18-9-11/h5-6,8-9,13H,7H2,1-4H3/t13-,19+/m1/s1. The Labute approximate surface area is 116 Å². The van der Waals surface area contributed by atoms with Crippen LogP contribution in [0.2, 0.25) is 0 Å². The molecule has 0 bridgehead atoms. The zero-order valence-electron chi connectivity index (χ0n) is 11.7. The summed E-state index contributed by atoms with van der Waals surface area (Å²) in [6.07, 6.45) is 5.05. The minimum atomic E-state index is -1.18. The molecule has 1 aliphatic rings. The molecule has 0 fully saturated rings. The lowest BCUT2D eigenvalue weighted by Crippen LogP contribution is -2.38. The molecule has 4 nitrogen and oxygen atoms in total. The summed E-state index contributed by atoms with van der Waals surface area (Å²) in [4.78, 5) is 11.7. The third-order valence-electron chi connectivity index (χ3n) is 3.08. The number of ketones is 1. The molecule has 0 aliphatic carbocycles. The van der Waals surface area contributed by atoms with Crippen LogP contribution in [0.1, 0.15) is 39.3 Å². The fourth-order valence-electron chi connectivity index (χ4n) is 2.19. The molecule has 0 spiro atoms. The van der Waals surface area contributed by atoms with Crippen LogP contribution in [0.3, 0.4) is 0 Å². The van der Waals surface area contributed by atoms with Gasteiger partial charge in [-0.25, -0.2) is 8.51 Å². The van der Waals surface area contributed by atoms with E-state index in [1.807, 2.05) is 37.2 Å². The van der Waals surface area contributed by atoms with E-state index in [0.717, 1.165) is 5.56 Å². The highest BCUT2D eigenvalue weighted by molar-refractivity contribution is 7.84. The Morgan fingerprint density at radius 3 is 2.63 bits per heavy atom. The van der Waals surface area contributed by atoms with Crippen molar-refractivity contribution < 1.29 is 13.4 Å². The van der Waals surface area contributed by atoms with Crippen molar-refractivity contribution in [3.8, 4) is 0 Å². The second-order valence-corrected chi connectivity index (χ2v) is 7.83. The number of nitrogens with zero attached hydrogens (tertiary/aromatic N) is 1. The average Bonchev–Trinajstić information content (AvgIpc) is 2.94. The molecular weight excluding hydrogens is 262 g/mol. The van der Waals surface area contributed by atoms with Crippen molar-refractivity contribution in [3.63, 3.8) is 0 Å². The summed E-state index contributed by atoms with van der Waals surface area (Å²) >= 11 is 0. The van der Waals surface area contributed by atoms with E-state index in [1.165, 1.54) is 0 Å². The van der Waals surface area contributed by atoms with E-state index >= 15 is 0 Å². The molecule has 2 heterocycles. The molecule has 2 rings (SSSR count). The molecule has 1 aromatic rings. The molecule has 0 aromatic carbocycles. The van der Waals surface area contributed by atoms with Gasteiger partial charge in [-0.3, -0.25) is 4.79 Å². The number of furan rings is 1. The molecule has 0 unspecified atom stereocenters. The fourth-order valence-corrected chi connectivity index (χ4v) is 3.53. The SMILES string of the molecule is CC(=O)C1=CCN([S@@](=O)C(C)(C)C)[C@@H]1c1ccoc1. The van der Waals surface area contributed by atoms with Crippen LogP contribution < -0.4 is 0 Å². The number of hydrogen-bond donors (Lipinski definition) is 0. The van der Waals surface area contributed by atoms with Gasteiger partial charge in [0.15, 0.2) is 5.78 Å². The van der Waals surface area contributed by atoms with Gasteiger partial charge < -0.3 is 4.42 Å². The summed E-state index contributed by atoms with van der Waals surface area (Å²) in [5, 5.41) is 0. The Hall–Kier alpha value is -1.20. The number of Topliss-reactive ketones (excluding diaryl/α,β-unsaturated/α-hetero) is 1. The highest BCUT2D eigenvalue weighted by Gasteiger charge is 2.38. The minimum absolute atomic E-state index is 0.0135. The van der Waals surface area contributed by atoms with Crippen molar-refractivity contribution in [2.45, 2.75) is 38.5 Å². The highest BCUT2D eigenvalue weighted by Crippen LogP contribution is 2.37. The zero-order chi connectivity index (χ0) is 14.2. The second-order valence-electron chi connectivity index (χ2n) is 5.64. The van der Waals surface area contributed by atoms with Gasteiger partial charge in [0, 0.05) is 17.7 Å². The topological polar surface area (TPSA) is 50.5 Å². The van der Waals surface area contributed by atoms with Crippen molar-refractivity contribution in [2.75, 3.05) is 6.54 Å². The molecule has 0 radical (unpaired) electrons. The first-order valence-corrected chi connectivity index (χ1v) is 7.35. The molecular formula is C14H19NO3S. The maximum atomic E-state index is 12.6. The smallest absolute Gasteiger partial charge is 0.157 e. The summed E-state index contributed by atoms with van der Waals surface area (Å²) < 4.78 is 19.2. The number of carbonyl (C=O) groups excluding carboxylic acids is 1. The quantitative estimate of drug-likeness (QED) is 0.855. The molecule has 2 atom stereocenters. The van der Waals surface area contributed by atoms with Crippen molar-refractivity contribution in [1.82, 2.24) is 4.31 Å². The first-order chi connectivity index (χ1) is 8.82. The van der Waals surface area contributed by atoms with E-state index in [0.29, 0.717) is 12.1 Å². The summed E-state index contributed by atoms with van der Waals surface area (Å²) in [7, 11) is -1.18. The summed E-state index contributed by atoms with van der Waals surface area (Å²) in [5.41, 5.74) is 1.57. The van der Waals surface area contributed by atoms with Crippen molar-refractivity contribution >= 4 is 16.8 Å². The molecule has 19 heavy (non-hydrogen) atoms. The largest absolute Gasteiger partial charge is 0.472 e. The lowest BCUT2D eigenvalue weighted by Gasteiger charge is -2.30. The van der Waals surface area contributed by atoms with E-state index in [9.17, 15) is 9.00 Å². The maximum Gasteiger partial charge on any atom is 0.157 e. The summed E-state index contributed by atoms with van der Waals surface area (Å²) in [6.45, 7) is 7.86. The lowest BCUT2D eigenvalue weighted by atomic mass is 10.0. The third-order valence-corrected chi connectivity index (χ3v) is 4.91. The predicted molar refractivity (Wildman–Crippen MR) is 74.8 cm³/mol. The first kappa shape index (κ1) is 14.2. The van der Waals surface area contributed by atoms with Crippen molar-refractivity contribution in [3.05, 3.63) is 35.8 Å². The highest BCUT2D eigenvalue weighted by atomic mass is 32.2. The zero-order valence-corrected chi connectivity index (χ0v) is 12.5.